The predicted octanol–water partition coefficient (Wildman–Crippen LogP) is 3.85. The molecule has 0 unspecified atom stereocenters. The van der Waals surface area contributed by atoms with Gasteiger partial charge in [-0.15, -0.1) is 0 Å². The molecule has 0 saturated heterocycles. The summed E-state index contributed by atoms with van der Waals surface area (Å²) in [5, 5.41) is 7.21. The van der Waals surface area contributed by atoms with E-state index in [4.69, 9.17) is 9.47 Å². The number of ether oxygens (including phenoxy) is 2. The van der Waals surface area contributed by atoms with Crippen LogP contribution >= 0.6 is 0 Å². The molecule has 0 saturated carbocycles. The molecule has 27 heavy (non-hydrogen) atoms. The highest BCUT2D eigenvalue weighted by Crippen LogP contribution is 2.32. The van der Waals surface area contributed by atoms with Gasteiger partial charge >= 0.3 is 0 Å². The Kier molecular flexibility index (Phi) is 5.76. The highest BCUT2D eigenvalue weighted by Gasteiger charge is 2.15. The summed E-state index contributed by atoms with van der Waals surface area (Å²) in [4.78, 5) is 12.7. The SMILES string of the molecule is CCOc1ccccc1Oc1ccccc1C(=O)NCc1cc(C)nn1C. The summed E-state index contributed by atoms with van der Waals surface area (Å²) in [5.74, 6) is 1.48. The third-order valence-corrected chi connectivity index (χ3v) is 4.03. The number of carbonyl (C=O) groups is 1. The van der Waals surface area contributed by atoms with Crippen LogP contribution in [0.4, 0.5) is 0 Å². The number of nitrogens with zero attached hydrogens (tertiary/aromatic N) is 2. The largest absolute Gasteiger partial charge is 0.490 e. The van der Waals surface area contributed by atoms with Crippen molar-refractivity contribution in [2.45, 2.75) is 20.4 Å². The van der Waals surface area contributed by atoms with Crippen molar-refractivity contribution in [2.75, 3.05) is 6.61 Å². The Labute approximate surface area is 158 Å². The number of aromatic nitrogens is 2. The number of amides is 1. The van der Waals surface area contributed by atoms with Crippen LogP contribution in [0.2, 0.25) is 0 Å². The van der Waals surface area contributed by atoms with Crippen molar-refractivity contribution in [3.63, 3.8) is 0 Å². The second-order valence-corrected chi connectivity index (χ2v) is 6.06. The molecule has 0 aliphatic heterocycles. The zero-order valence-corrected chi connectivity index (χ0v) is 15.7. The minimum Gasteiger partial charge on any atom is -0.490 e. The molecule has 3 aromatic rings. The Balaban J connectivity index is 1.77. The average molecular weight is 365 g/mol. The maximum atomic E-state index is 12.7. The van der Waals surface area contributed by atoms with E-state index in [-0.39, 0.29) is 5.91 Å². The number of para-hydroxylation sites is 3. The molecule has 6 nitrogen and oxygen atoms in total. The van der Waals surface area contributed by atoms with Gasteiger partial charge in [0.15, 0.2) is 11.5 Å². The Morgan fingerprint density at radius 3 is 2.41 bits per heavy atom. The number of benzene rings is 2. The Morgan fingerprint density at radius 1 is 1.07 bits per heavy atom. The Morgan fingerprint density at radius 2 is 1.74 bits per heavy atom. The molecule has 0 aliphatic rings. The second-order valence-electron chi connectivity index (χ2n) is 6.06. The van der Waals surface area contributed by atoms with E-state index in [1.165, 1.54) is 0 Å². The van der Waals surface area contributed by atoms with E-state index in [9.17, 15) is 4.79 Å². The molecule has 3 rings (SSSR count). The lowest BCUT2D eigenvalue weighted by Gasteiger charge is -2.14. The van der Waals surface area contributed by atoms with Gasteiger partial charge in [0.25, 0.3) is 5.91 Å². The summed E-state index contributed by atoms with van der Waals surface area (Å²) in [6, 6.07) is 16.5. The maximum Gasteiger partial charge on any atom is 0.255 e. The molecule has 1 N–H and O–H groups in total. The van der Waals surface area contributed by atoms with E-state index in [0.29, 0.717) is 36.0 Å². The van der Waals surface area contributed by atoms with Gasteiger partial charge in [0.05, 0.1) is 30.1 Å². The first-order valence-electron chi connectivity index (χ1n) is 8.85. The minimum atomic E-state index is -0.210. The first-order valence-corrected chi connectivity index (χ1v) is 8.85. The molecule has 0 bridgehead atoms. The normalized spacial score (nSPS) is 10.5. The minimum absolute atomic E-state index is 0.210. The summed E-state index contributed by atoms with van der Waals surface area (Å²) < 4.78 is 13.3. The lowest BCUT2D eigenvalue weighted by atomic mass is 10.2. The number of rotatable bonds is 7. The average Bonchev–Trinajstić information content (AvgIpc) is 2.99. The van der Waals surface area contributed by atoms with E-state index >= 15 is 0 Å². The number of hydrogen-bond donors (Lipinski definition) is 1. The van der Waals surface area contributed by atoms with Crippen molar-refractivity contribution in [3.8, 4) is 17.2 Å². The number of aryl methyl sites for hydroxylation is 2. The highest BCUT2D eigenvalue weighted by atomic mass is 16.5. The van der Waals surface area contributed by atoms with Gasteiger partial charge < -0.3 is 14.8 Å². The van der Waals surface area contributed by atoms with Crippen LogP contribution < -0.4 is 14.8 Å². The topological polar surface area (TPSA) is 65.4 Å². The third kappa shape index (κ3) is 4.47. The highest BCUT2D eigenvalue weighted by molar-refractivity contribution is 5.97. The molecule has 0 aliphatic carbocycles. The van der Waals surface area contributed by atoms with Crippen molar-refractivity contribution in [1.82, 2.24) is 15.1 Å². The molecule has 0 radical (unpaired) electrons. The van der Waals surface area contributed by atoms with Crippen LogP contribution in [-0.4, -0.2) is 22.3 Å². The van der Waals surface area contributed by atoms with Crippen LogP contribution in [0.15, 0.2) is 54.6 Å². The van der Waals surface area contributed by atoms with Crippen LogP contribution in [-0.2, 0) is 13.6 Å². The van der Waals surface area contributed by atoms with Gasteiger partial charge in [-0.1, -0.05) is 24.3 Å². The summed E-state index contributed by atoms with van der Waals surface area (Å²) in [6.07, 6.45) is 0. The van der Waals surface area contributed by atoms with Gasteiger partial charge in [-0.25, -0.2) is 0 Å². The van der Waals surface area contributed by atoms with Crippen LogP contribution in [0, 0.1) is 6.92 Å². The number of hydrogen-bond acceptors (Lipinski definition) is 4. The standard InChI is InChI=1S/C21H23N3O3/c1-4-26-19-11-7-8-12-20(19)27-18-10-6-5-9-17(18)21(25)22-14-16-13-15(2)23-24(16)3/h5-13H,4,14H2,1-3H3,(H,22,25). The molecule has 6 heteroatoms. The monoisotopic (exact) mass is 365 g/mol. The Bertz CT molecular complexity index is 934. The first kappa shape index (κ1) is 18.5. The van der Waals surface area contributed by atoms with Gasteiger partial charge in [0.2, 0.25) is 0 Å². The molecular weight excluding hydrogens is 342 g/mol. The number of carbonyl (C=O) groups excluding carboxylic acids is 1. The van der Waals surface area contributed by atoms with Gasteiger partial charge in [0, 0.05) is 7.05 Å². The molecular formula is C21H23N3O3. The quantitative estimate of drug-likeness (QED) is 0.691. The van der Waals surface area contributed by atoms with Crippen molar-refractivity contribution >= 4 is 5.91 Å². The molecule has 1 aromatic heterocycles. The van der Waals surface area contributed by atoms with Crippen LogP contribution in [0.5, 0.6) is 17.2 Å². The zero-order valence-electron chi connectivity index (χ0n) is 15.7. The number of nitrogens with one attached hydrogen (secondary N) is 1. The van der Waals surface area contributed by atoms with E-state index in [0.717, 1.165) is 11.4 Å². The fraction of sp³-hybridized carbons (Fsp3) is 0.238. The maximum absolute atomic E-state index is 12.7. The lowest BCUT2D eigenvalue weighted by molar-refractivity contribution is 0.0947. The molecule has 1 amide bonds. The fourth-order valence-corrected chi connectivity index (χ4v) is 2.77. The lowest BCUT2D eigenvalue weighted by Crippen LogP contribution is -2.24. The molecule has 0 atom stereocenters. The van der Waals surface area contributed by atoms with E-state index in [1.54, 1.807) is 16.8 Å². The van der Waals surface area contributed by atoms with Gasteiger partial charge in [-0.2, -0.15) is 5.10 Å². The first-order chi connectivity index (χ1) is 13.1. The molecule has 2 aromatic carbocycles. The van der Waals surface area contributed by atoms with Crippen molar-refractivity contribution in [2.24, 2.45) is 7.05 Å². The smallest absolute Gasteiger partial charge is 0.255 e. The second kappa shape index (κ2) is 8.40. The van der Waals surface area contributed by atoms with Crippen LogP contribution in [0.25, 0.3) is 0 Å². The van der Waals surface area contributed by atoms with E-state index in [2.05, 4.69) is 10.4 Å². The van der Waals surface area contributed by atoms with Crippen LogP contribution in [0.1, 0.15) is 28.7 Å². The van der Waals surface area contributed by atoms with Crippen molar-refractivity contribution in [3.05, 3.63) is 71.5 Å². The molecule has 0 fully saturated rings. The zero-order chi connectivity index (χ0) is 19.2. The van der Waals surface area contributed by atoms with Gasteiger partial charge in [-0.05, 0) is 44.2 Å². The summed E-state index contributed by atoms with van der Waals surface area (Å²) in [5.41, 5.74) is 2.31. The third-order valence-electron chi connectivity index (χ3n) is 4.03. The van der Waals surface area contributed by atoms with E-state index in [1.807, 2.05) is 63.4 Å². The van der Waals surface area contributed by atoms with Crippen molar-refractivity contribution in [1.29, 1.82) is 0 Å². The predicted molar refractivity (Wildman–Crippen MR) is 103 cm³/mol. The van der Waals surface area contributed by atoms with Gasteiger partial charge in [0.1, 0.15) is 5.75 Å². The summed E-state index contributed by atoms with van der Waals surface area (Å²) in [7, 11) is 1.86. The molecule has 0 spiro atoms. The van der Waals surface area contributed by atoms with Gasteiger partial charge in [-0.3, -0.25) is 9.48 Å². The fourth-order valence-electron chi connectivity index (χ4n) is 2.77. The van der Waals surface area contributed by atoms with Crippen molar-refractivity contribution < 1.29 is 14.3 Å². The molecule has 140 valence electrons. The Hall–Kier alpha value is -3.28. The molecule has 1 heterocycles. The summed E-state index contributed by atoms with van der Waals surface area (Å²) >= 11 is 0. The van der Waals surface area contributed by atoms with Crippen LogP contribution in [0.3, 0.4) is 0 Å². The summed E-state index contributed by atoms with van der Waals surface area (Å²) in [6.45, 7) is 4.76. The van der Waals surface area contributed by atoms with E-state index < -0.39 is 0 Å².